The molecule has 0 bridgehead atoms. The predicted octanol–water partition coefficient (Wildman–Crippen LogP) is 2.17. The molecule has 0 aliphatic carbocycles. The summed E-state index contributed by atoms with van der Waals surface area (Å²) in [6, 6.07) is 2.95. The molecule has 1 aromatic rings. The van der Waals surface area contributed by atoms with E-state index in [1.165, 1.54) is 11.3 Å². The van der Waals surface area contributed by atoms with Gasteiger partial charge in [0.05, 0.1) is 6.42 Å². The van der Waals surface area contributed by atoms with Crippen molar-refractivity contribution < 1.29 is 14.7 Å². The lowest BCUT2D eigenvalue weighted by molar-refractivity contribution is -0.141. The van der Waals surface area contributed by atoms with E-state index in [0.717, 1.165) is 30.8 Å². The van der Waals surface area contributed by atoms with Gasteiger partial charge in [0.15, 0.2) is 0 Å². The lowest BCUT2D eigenvalue weighted by atomic mass is 10.1. The third-order valence-electron chi connectivity index (χ3n) is 3.62. The van der Waals surface area contributed by atoms with Crippen LogP contribution in [0.25, 0.3) is 0 Å². The molecule has 2 atom stereocenters. The molecule has 0 radical (unpaired) electrons. The van der Waals surface area contributed by atoms with Crippen LogP contribution in [0.5, 0.6) is 0 Å². The molecule has 146 valence electrons. The van der Waals surface area contributed by atoms with E-state index in [9.17, 15) is 9.59 Å². The number of thioether (sulfide) groups is 1. The average Bonchev–Trinajstić information content (AvgIpc) is 3.26. The summed E-state index contributed by atoms with van der Waals surface area (Å²) in [6.45, 7) is 1.91. The van der Waals surface area contributed by atoms with Gasteiger partial charge in [0, 0.05) is 10.1 Å². The first kappa shape index (κ1) is 22.7. The molecule has 26 heavy (non-hydrogen) atoms. The normalized spacial score (nSPS) is 16.8. The molecule has 0 saturated carbocycles. The lowest BCUT2D eigenvalue weighted by Crippen LogP contribution is -2.42. The molecular formula is C18H29N3O3S2. The quantitative estimate of drug-likeness (QED) is 0.589. The number of aliphatic carboxylic acids is 1. The number of carboxylic acid groups (broad SMARTS) is 1. The number of nitrogens with one attached hydrogen (secondary N) is 1. The SMILES string of the molecule is CN(C)CCCN.O=C(Cc1cccs1)N[C@@H](CC1CC=CS1)C(=O)O. The first-order valence-electron chi connectivity index (χ1n) is 8.62. The zero-order valence-electron chi connectivity index (χ0n) is 15.4. The lowest BCUT2D eigenvalue weighted by Gasteiger charge is -2.17. The molecule has 1 amide bonds. The van der Waals surface area contributed by atoms with Gasteiger partial charge in [-0.3, -0.25) is 4.79 Å². The van der Waals surface area contributed by atoms with E-state index in [2.05, 4.69) is 24.3 Å². The van der Waals surface area contributed by atoms with E-state index in [0.29, 0.717) is 6.42 Å². The van der Waals surface area contributed by atoms with Crippen molar-refractivity contribution in [1.29, 1.82) is 0 Å². The molecule has 2 heterocycles. The van der Waals surface area contributed by atoms with Crippen molar-refractivity contribution in [2.75, 3.05) is 27.2 Å². The fourth-order valence-electron chi connectivity index (χ4n) is 2.29. The number of hydrogen-bond acceptors (Lipinski definition) is 6. The van der Waals surface area contributed by atoms with Crippen LogP contribution in [-0.2, 0) is 16.0 Å². The summed E-state index contributed by atoms with van der Waals surface area (Å²) >= 11 is 3.12. The summed E-state index contributed by atoms with van der Waals surface area (Å²) < 4.78 is 0. The molecular weight excluding hydrogens is 370 g/mol. The monoisotopic (exact) mass is 399 g/mol. The second-order valence-electron chi connectivity index (χ2n) is 6.26. The standard InChI is InChI=1S/C13H15NO3S2.C5H14N2/c15-12(8-10-4-2-6-19-10)14-11(13(16)17)7-9-3-1-5-18-9;1-7(2)5-3-4-6/h1-2,4-6,9,11H,3,7-8H2,(H,14,15)(H,16,17);3-6H2,1-2H3/t9?,11-;/m0./s1. The van der Waals surface area contributed by atoms with E-state index >= 15 is 0 Å². The van der Waals surface area contributed by atoms with Gasteiger partial charge in [-0.05, 0) is 63.3 Å². The fraction of sp³-hybridized carbons (Fsp3) is 0.556. The molecule has 6 nitrogen and oxygen atoms in total. The van der Waals surface area contributed by atoms with Crippen molar-refractivity contribution >= 4 is 35.0 Å². The number of carboxylic acids is 1. The van der Waals surface area contributed by atoms with Gasteiger partial charge in [-0.2, -0.15) is 0 Å². The number of hydrogen-bond donors (Lipinski definition) is 3. The molecule has 0 spiro atoms. The Labute approximate surface area is 163 Å². The Morgan fingerprint density at radius 2 is 2.23 bits per heavy atom. The minimum atomic E-state index is -0.966. The largest absolute Gasteiger partial charge is 0.480 e. The highest BCUT2D eigenvalue weighted by molar-refractivity contribution is 8.03. The number of carbonyl (C=O) groups is 2. The molecule has 8 heteroatoms. The highest BCUT2D eigenvalue weighted by atomic mass is 32.2. The molecule has 2 rings (SSSR count). The summed E-state index contributed by atoms with van der Waals surface area (Å²) in [5.74, 6) is -1.20. The maximum absolute atomic E-state index is 11.8. The van der Waals surface area contributed by atoms with Crippen molar-refractivity contribution in [3.8, 4) is 0 Å². The first-order chi connectivity index (χ1) is 12.4. The summed E-state index contributed by atoms with van der Waals surface area (Å²) in [6.07, 6.45) is 4.71. The van der Waals surface area contributed by atoms with Crippen molar-refractivity contribution in [3.05, 3.63) is 33.9 Å². The van der Waals surface area contributed by atoms with Gasteiger partial charge < -0.3 is 21.1 Å². The van der Waals surface area contributed by atoms with Crippen LogP contribution in [0.3, 0.4) is 0 Å². The van der Waals surface area contributed by atoms with Crippen molar-refractivity contribution in [2.45, 2.75) is 37.0 Å². The number of rotatable bonds is 9. The van der Waals surface area contributed by atoms with Gasteiger partial charge in [-0.1, -0.05) is 12.1 Å². The summed E-state index contributed by atoms with van der Waals surface area (Å²) in [7, 11) is 4.10. The van der Waals surface area contributed by atoms with Crippen molar-refractivity contribution in [3.63, 3.8) is 0 Å². The van der Waals surface area contributed by atoms with Crippen LogP contribution in [0, 0.1) is 0 Å². The highest BCUT2D eigenvalue weighted by Crippen LogP contribution is 2.27. The Hall–Kier alpha value is -1.35. The third kappa shape index (κ3) is 9.96. The highest BCUT2D eigenvalue weighted by Gasteiger charge is 2.25. The van der Waals surface area contributed by atoms with Gasteiger partial charge >= 0.3 is 5.97 Å². The smallest absolute Gasteiger partial charge is 0.326 e. The Kier molecular flexibility index (Phi) is 11.3. The van der Waals surface area contributed by atoms with Crippen LogP contribution in [0.2, 0.25) is 0 Å². The number of carbonyl (C=O) groups excluding carboxylic acids is 1. The Balaban J connectivity index is 0.000000412. The number of nitrogens with zero attached hydrogens (tertiary/aromatic N) is 1. The van der Waals surface area contributed by atoms with Crippen LogP contribution in [-0.4, -0.2) is 60.4 Å². The summed E-state index contributed by atoms with van der Waals surface area (Å²) in [4.78, 5) is 26.1. The van der Waals surface area contributed by atoms with Gasteiger partial charge in [-0.15, -0.1) is 23.1 Å². The Morgan fingerprint density at radius 3 is 2.69 bits per heavy atom. The van der Waals surface area contributed by atoms with Gasteiger partial charge in [0.1, 0.15) is 6.04 Å². The van der Waals surface area contributed by atoms with Crippen LogP contribution in [0.1, 0.15) is 24.1 Å². The van der Waals surface area contributed by atoms with Crippen LogP contribution in [0.15, 0.2) is 29.0 Å². The van der Waals surface area contributed by atoms with Gasteiger partial charge in [0.2, 0.25) is 5.91 Å². The van der Waals surface area contributed by atoms with Crippen LogP contribution < -0.4 is 11.1 Å². The summed E-state index contributed by atoms with van der Waals surface area (Å²) in [5, 5.41) is 15.9. The number of thiophene rings is 1. The van der Waals surface area contributed by atoms with E-state index in [4.69, 9.17) is 10.8 Å². The number of nitrogens with two attached hydrogens (primary N) is 1. The molecule has 0 fully saturated rings. The van der Waals surface area contributed by atoms with E-state index < -0.39 is 12.0 Å². The topological polar surface area (TPSA) is 95.7 Å². The second-order valence-corrected chi connectivity index (χ2v) is 8.50. The molecule has 1 unspecified atom stereocenters. The molecule has 4 N–H and O–H groups in total. The maximum atomic E-state index is 11.8. The molecule has 1 aliphatic rings. The van der Waals surface area contributed by atoms with Crippen LogP contribution >= 0.6 is 23.1 Å². The first-order valence-corrected chi connectivity index (χ1v) is 10.4. The molecule has 0 aromatic carbocycles. The van der Waals surface area contributed by atoms with Crippen LogP contribution in [0.4, 0.5) is 0 Å². The number of allylic oxidation sites excluding steroid dienone is 1. The summed E-state index contributed by atoms with van der Waals surface area (Å²) in [5.41, 5.74) is 5.25. The van der Waals surface area contributed by atoms with Gasteiger partial charge in [-0.25, -0.2) is 4.79 Å². The maximum Gasteiger partial charge on any atom is 0.326 e. The molecule has 1 aromatic heterocycles. The number of amides is 1. The zero-order chi connectivity index (χ0) is 19.4. The zero-order valence-corrected chi connectivity index (χ0v) is 17.0. The van der Waals surface area contributed by atoms with E-state index in [-0.39, 0.29) is 17.6 Å². The fourth-order valence-corrected chi connectivity index (χ4v) is 3.96. The third-order valence-corrected chi connectivity index (χ3v) is 5.62. The van der Waals surface area contributed by atoms with Gasteiger partial charge in [0.25, 0.3) is 0 Å². The van der Waals surface area contributed by atoms with E-state index in [1.807, 2.05) is 29.0 Å². The molecule has 0 saturated heterocycles. The van der Waals surface area contributed by atoms with Crippen molar-refractivity contribution in [2.24, 2.45) is 5.73 Å². The minimum Gasteiger partial charge on any atom is -0.480 e. The second kappa shape index (κ2) is 12.9. The van der Waals surface area contributed by atoms with Crippen molar-refractivity contribution in [1.82, 2.24) is 10.2 Å². The average molecular weight is 400 g/mol. The minimum absolute atomic E-state index is 0.231. The van der Waals surface area contributed by atoms with E-state index in [1.54, 1.807) is 11.8 Å². The molecule has 1 aliphatic heterocycles. The Bertz CT molecular complexity index is 554. The Morgan fingerprint density at radius 1 is 1.46 bits per heavy atom. The predicted molar refractivity (Wildman–Crippen MR) is 110 cm³/mol.